The third kappa shape index (κ3) is 4.03. The first-order valence-electron chi connectivity index (χ1n) is 6.87. The molecule has 1 aromatic carbocycles. The van der Waals surface area contributed by atoms with Crippen LogP contribution in [-0.4, -0.2) is 45.3 Å². The van der Waals surface area contributed by atoms with Gasteiger partial charge in [0, 0.05) is 25.8 Å². The fraction of sp³-hybridized carbons (Fsp3) is 0.500. The van der Waals surface area contributed by atoms with E-state index in [1.807, 2.05) is 0 Å². The van der Waals surface area contributed by atoms with Gasteiger partial charge in [-0.15, -0.1) is 0 Å². The number of hydrogen-bond acceptors (Lipinski definition) is 4. The normalized spacial score (nSPS) is 15.2. The SMILES string of the molecule is Cc1ccc(NC(=O)CNC2CC2)cc1S(=O)(=O)N(C)C. The smallest absolute Gasteiger partial charge is 0.242 e. The number of hydrogen-bond donors (Lipinski definition) is 2. The first-order chi connectivity index (χ1) is 9.80. The van der Waals surface area contributed by atoms with E-state index in [2.05, 4.69) is 10.6 Å². The lowest BCUT2D eigenvalue weighted by molar-refractivity contribution is -0.115. The molecule has 1 amide bonds. The Labute approximate surface area is 125 Å². The predicted octanol–water partition coefficient (Wildman–Crippen LogP) is 0.936. The van der Waals surface area contributed by atoms with Gasteiger partial charge in [0.2, 0.25) is 15.9 Å². The summed E-state index contributed by atoms with van der Waals surface area (Å²) in [5.74, 6) is -0.168. The van der Waals surface area contributed by atoms with Crippen LogP contribution >= 0.6 is 0 Å². The summed E-state index contributed by atoms with van der Waals surface area (Å²) in [6.07, 6.45) is 2.23. The number of aryl methyl sites for hydroxylation is 1. The zero-order chi connectivity index (χ0) is 15.6. The highest BCUT2D eigenvalue weighted by atomic mass is 32.2. The Bertz CT molecular complexity index is 637. The molecule has 1 aliphatic carbocycles. The van der Waals surface area contributed by atoms with Gasteiger partial charge in [-0.05, 0) is 37.5 Å². The number of sulfonamides is 1. The van der Waals surface area contributed by atoms with Gasteiger partial charge in [0.05, 0.1) is 11.4 Å². The van der Waals surface area contributed by atoms with Crippen LogP contribution in [0.15, 0.2) is 23.1 Å². The molecule has 116 valence electrons. The molecule has 2 rings (SSSR count). The summed E-state index contributed by atoms with van der Waals surface area (Å²) in [4.78, 5) is 12.0. The number of carbonyl (C=O) groups is 1. The van der Waals surface area contributed by atoms with E-state index in [1.54, 1.807) is 19.1 Å². The molecule has 0 unspecified atom stereocenters. The first kappa shape index (κ1) is 15.9. The van der Waals surface area contributed by atoms with E-state index in [1.165, 1.54) is 20.2 Å². The molecule has 0 heterocycles. The summed E-state index contributed by atoms with van der Waals surface area (Å²) in [5.41, 5.74) is 1.14. The van der Waals surface area contributed by atoms with Gasteiger partial charge in [0.25, 0.3) is 0 Å². The van der Waals surface area contributed by atoms with Gasteiger partial charge in [-0.1, -0.05) is 6.07 Å². The van der Waals surface area contributed by atoms with Crippen LogP contribution in [0.4, 0.5) is 5.69 Å². The molecule has 0 atom stereocenters. The van der Waals surface area contributed by atoms with Crippen molar-refractivity contribution in [3.8, 4) is 0 Å². The molecule has 1 saturated carbocycles. The minimum atomic E-state index is -3.52. The lowest BCUT2D eigenvalue weighted by Gasteiger charge is -2.15. The molecular formula is C14H21N3O3S. The molecule has 1 aromatic rings. The summed E-state index contributed by atoms with van der Waals surface area (Å²) in [7, 11) is -0.544. The van der Waals surface area contributed by atoms with Crippen molar-refractivity contribution < 1.29 is 13.2 Å². The summed E-state index contributed by atoms with van der Waals surface area (Å²) in [5, 5.41) is 5.83. The lowest BCUT2D eigenvalue weighted by atomic mass is 10.2. The van der Waals surface area contributed by atoms with Crippen molar-refractivity contribution in [3.63, 3.8) is 0 Å². The second-order valence-electron chi connectivity index (χ2n) is 5.47. The Morgan fingerprint density at radius 1 is 1.33 bits per heavy atom. The fourth-order valence-corrected chi connectivity index (χ4v) is 3.03. The molecule has 2 N–H and O–H groups in total. The van der Waals surface area contributed by atoms with Gasteiger partial charge in [-0.2, -0.15) is 0 Å². The maximum atomic E-state index is 12.2. The summed E-state index contributed by atoms with van der Waals surface area (Å²) < 4.78 is 25.6. The topological polar surface area (TPSA) is 78.5 Å². The van der Waals surface area contributed by atoms with Crippen molar-refractivity contribution >= 4 is 21.6 Å². The fourth-order valence-electron chi connectivity index (χ4n) is 1.88. The second kappa shape index (κ2) is 6.13. The lowest BCUT2D eigenvalue weighted by Crippen LogP contribution is -2.29. The molecule has 0 bridgehead atoms. The van der Waals surface area contributed by atoms with Gasteiger partial charge in [0.15, 0.2) is 0 Å². The number of nitrogens with one attached hydrogen (secondary N) is 2. The minimum absolute atomic E-state index is 0.168. The molecule has 6 nitrogen and oxygen atoms in total. The Morgan fingerprint density at radius 3 is 2.57 bits per heavy atom. The van der Waals surface area contributed by atoms with Crippen LogP contribution in [0.2, 0.25) is 0 Å². The van der Waals surface area contributed by atoms with Crippen LogP contribution in [0.5, 0.6) is 0 Å². The van der Waals surface area contributed by atoms with E-state index in [4.69, 9.17) is 0 Å². The van der Waals surface area contributed by atoms with Gasteiger partial charge in [-0.25, -0.2) is 12.7 Å². The van der Waals surface area contributed by atoms with Crippen molar-refractivity contribution in [2.75, 3.05) is 26.0 Å². The van der Waals surface area contributed by atoms with Gasteiger partial charge >= 0.3 is 0 Å². The second-order valence-corrected chi connectivity index (χ2v) is 7.59. The number of anilines is 1. The molecule has 0 aliphatic heterocycles. The number of benzene rings is 1. The van der Waals surface area contributed by atoms with Gasteiger partial charge < -0.3 is 10.6 Å². The predicted molar refractivity (Wildman–Crippen MR) is 81.7 cm³/mol. The maximum Gasteiger partial charge on any atom is 0.242 e. The Kier molecular flexibility index (Phi) is 4.65. The van der Waals surface area contributed by atoms with Gasteiger partial charge in [-0.3, -0.25) is 4.79 Å². The molecule has 7 heteroatoms. The number of amides is 1. The van der Waals surface area contributed by atoms with Crippen molar-refractivity contribution in [3.05, 3.63) is 23.8 Å². The average Bonchev–Trinajstić information content (AvgIpc) is 3.22. The molecule has 0 aromatic heterocycles. The maximum absolute atomic E-state index is 12.2. The van der Waals surface area contributed by atoms with Crippen LogP contribution in [0, 0.1) is 6.92 Å². The highest BCUT2D eigenvalue weighted by Crippen LogP contribution is 2.22. The Hall–Kier alpha value is -1.44. The van der Waals surface area contributed by atoms with Crippen molar-refractivity contribution in [1.82, 2.24) is 9.62 Å². The van der Waals surface area contributed by atoms with Crippen molar-refractivity contribution in [2.45, 2.75) is 30.7 Å². The van der Waals surface area contributed by atoms with E-state index in [0.717, 1.165) is 17.1 Å². The first-order valence-corrected chi connectivity index (χ1v) is 8.31. The van der Waals surface area contributed by atoms with E-state index < -0.39 is 10.0 Å². The van der Waals surface area contributed by atoms with Crippen LogP contribution in [0.3, 0.4) is 0 Å². The summed E-state index contributed by atoms with van der Waals surface area (Å²) in [6.45, 7) is 1.98. The minimum Gasteiger partial charge on any atom is -0.325 e. The number of nitrogens with zero attached hydrogens (tertiary/aromatic N) is 1. The third-order valence-electron chi connectivity index (χ3n) is 3.36. The number of carbonyl (C=O) groups excluding carboxylic acids is 1. The molecule has 1 fully saturated rings. The quantitative estimate of drug-likeness (QED) is 0.819. The monoisotopic (exact) mass is 311 g/mol. The van der Waals surface area contributed by atoms with Crippen LogP contribution in [0.1, 0.15) is 18.4 Å². The molecule has 0 radical (unpaired) electrons. The standard InChI is InChI=1S/C14H21N3O3S/c1-10-4-5-12(8-13(10)21(19,20)17(2)3)16-14(18)9-15-11-6-7-11/h4-5,8,11,15H,6-7,9H2,1-3H3,(H,16,18). The van der Waals surface area contributed by atoms with Crippen LogP contribution in [-0.2, 0) is 14.8 Å². The molecule has 21 heavy (non-hydrogen) atoms. The van der Waals surface area contributed by atoms with E-state index in [9.17, 15) is 13.2 Å². The van der Waals surface area contributed by atoms with Crippen molar-refractivity contribution in [1.29, 1.82) is 0 Å². The third-order valence-corrected chi connectivity index (χ3v) is 5.32. The highest BCUT2D eigenvalue weighted by Gasteiger charge is 2.22. The zero-order valence-corrected chi connectivity index (χ0v) is 13.3. The van der Waals surface area contributed by atoms with Crippen LogP contribution in [0.25, 0.3) is 0 Å². The van der Waals surface area contributed by atoms with Gasteiger partial charge in [0.1, 0.15) is 0 Å². The van der Waals surface area contributed by atoms with E-state index >= 15 is 0 Å². The van der Waals surface area contributed by atoms with E-state index in [0.29, 0.717) is 17.3 Å². The highest BCUT2D eigenvalue weighted by molar-refractivity contribution is 7.89. The molecule has 0 spiro atoms. The van der Waals surface area contributed by atoms with Crippen molar-refractivity contribution in [2.24, 2.45) is 0 Å². The average molecular weight is 311 g/mol. The largest absolute Gasteiger partial charge is 0.325 e. The Morgan fingerprint density at radius 2 is 2.00 bits per heavy atom. The zero-order valence-electron chi connectivity index (χ0n) is 12.5. The van der Waals surface area contributed by atoms with Crippen LogP contribution < -0.4 is 10.6 Å². The number of rotatable bonds is 6. The Balaban J connectivity index is 2.12. The van der Waals surface area contributed by atoms with E-state index in [-0.39, 0.29) is 17.3 Å². The molecular weight excluding hydrogens is 290 g/mol. The molecule has 0 saturated heterocycles. The summed E-state index contributed by atoms with van der Waals surface area (Å²) in [6, 6.07) is 5.36. The summed E-state index contributed by atoms with van der Waals surface area (Å²) >= 11 is 0. The molecule has 1 aliphatic rings.